The Labute approximate surface area is 98.6 Å². The summed E-state index contributed by atoms with van der Waals surface area (Å²) in [5, 5.41) is 2.93. The van der Waals surface area contributed by atoms with Gasteiger partial charge in [-0.2, -0.15) is 0 Å². The average molecular weight is 250 g/mol. The van der Waals surface area contributed by atoms with Crippen LogP contribution in [0.3, 0.4) is 0 Å². The lowest BCUT2D eigenvalue weighted by Gasteiger charge is -2.16. The average Bonchev–Trinajstić information content (AvgIpc) is 2.20. The van der Waals surface area contributed by atoms with Crippen LogP contribution in [0.15, 0.2) is 12.1 Å². The lowest BCUT2D eigenvalue weighted by Crippen LogP contribution is -2.18. The number of nitrogens with one attached hydrogen (secondary N) is 1. The minimum Gasteiger partial charge on any atom is -0.385 e. The Hall–Kier alpha value is -0.870. The second-order valence-electron chi connectivity index (χ2n) is 3.57. The number of hydrogen-bond donors (Lipinski definition) is 1. The molecule has 1 N–H and O–H groups in total. The van der Waals surface area contributed by atoms with E-state index in [0.29, 0.717) is 13.0 Å². The molecule has 0 saturated heterocycles. The van der Waals surface area contributed by atoms with E-state index in [4.69, 9.17) is 16.3 Å². The molecule has 16 heavy (non-hydrogen) atoms. The maximum atomic E-state index is 13.4. The van der Waals surface area contributed by atoms with E-state index in [-0.39, 0.29) is 16.8 Å². The van der Waals surface area contributed by atoms with Gasteiger partial charge in [0.2, 0.25) is 0 Å². The molecule has 0 radical (unpaired) electrons. The maximum absolute atomic E-state index is 13.4. The summed E-state index contributed by atoms with van der Waals surface area (Å²) >= 11 is 5.74. The van der Waals surface area contributed by atoms with Gasteiger partial charge in [-0.1, -0.05) is 11.6 Å². The minimum atomic E-state index is -0.686. The first kappa shape index (κ1) is 13.2. The van der Waals surface area contributed by atoms with Crippen molar-refractivity contribution in [1.82, 2.24) is 0 Å². The molecule has 0 spiro atoms. The fourth-order valence-corrected chi connectivity index (χ4v) is 1.54. The Morgan fingerprint density at radius 1 is 1.44 bits per heavy atom. The highest BCUT2D eigenvalue weighted by Crippen LogP contribution is 2.27. The van der Waals surface area contributed by atoms with Gasteiger partial charge in [-0.05, 0) is 19.4 Å². The van der Waals surface area contributed by atoms with Crippen molar-refractivity contribution in [3.05, 3.63) is 28.8 Å². The van der Waals surface area contributed by atoms with E-state index in [2.05, 4.69) is 5.32 Å². The smallest absolute Gasteiger partial charge is 0.150 e. The first-order valence-corrected chi connectivity index (χ1v) is 5.32. The van der Waals surface area contributed by atoms with Crippen LogP contribution in [0.4, 0.5) is 14.5 Å². The van der Waals surface area contributed by atoms with Gasteiger partial charge in [-0.25, -0.2) is 8.78 Å². The molecular formula is C11H14ClF2NO. The summed E-state index contributed by atoms with van der Waals surface area (Å²) in [5.74, 6) is -1.37. The third-order valence-corrected chi connectivity index (χ3v) is 2.45. The SMILES string of the molecule is COCCC(C)Nc1c(F)cc(F)cc1Cl. The van der Waals surface area contributed by atoms with Crippen LogP contribution in [0, 0.1) is 11.6 Å². The molecule has 0 aliphatic rings. The van der Waals surface area contributed by atoms with E-state index in [1.807, 2.05) is 6.92 Å². The Bertz CT molecular complexity index is 337. The van der Waals surface area contributed by atoms with E-state index in [1.54, 1.807) is 7.11 Å². The van der Waals surface area contributed by atoms with Gasteiger partial charge in [0.25, 0.3) is 0 Å². The predicted molar refractivity (Wildman–Crippen MR) is 60.9 cm³/mol. The number of benzene rings is 1. The van der Waals surface area contributed by atoms with Crippen LogP contribution in [-0.4, -0.2) is 19.8 Å². The first-order valence-electron chi connectivity index (χ1n) is 4.94. The summed E-state index contributed by atoms with van der Waals surface area (Å²) in [7, 11) is 1.60. The Morgan fingerprint density at radius 3 is 2.69 bits per heavy atom. The molecule has 0 aliphatic heterocycles. The second kappa shape index (κ2) is 6.01. The zero-order chi connectivity index (χ0) is 12.1. The van der Waals surface area contributed by atoms with Crippen molar-refractivity contribution in [3.63, 3.8) is 0 Å². The van der Waals surface area contributed by atoms with Gasteiger partial charge in [0.05, 0.1) is 10.7 Å². The fourth-order valence-electron chi connectivity index (χ4n) is 1.29. The van der Waals surface area contributed by atoms with E-state index < -0.39 is 11.6 Å². The predicted octanol–water partition coefficient (Wildman–Crippen LogP) is 3.46. The van der Waals surface area contributed by atoms with E-state index in [1.165, 1.54) is 0 Å². The normalized spacial score (nSPS) is 12.6. The summed E-state index contributed by atoms with van der Waals surface area (Å²) < 4.78 is 31.1. The van der Waals surface area contributed by atoms with Crippen molar-refractivity contribution in [2.45, 2.75) is 19.4 Å². The Morgan fingerprint density at radius 2 is 2.12 bits per heavy atom. The van der Waals surface area contributed by atoms with Crippen molar-refractivity contribution in [2.75, 3.05) is 19.0 Å². The van der Waals surface area contributed by atoms with Gasteiger partial charge in [-0.3, -0.25) is 0 Å². The summed E-state index contributed by atoms with van der Waals surface area (Å²) in [5.41, 5.74) is 0.131. The standard InChI is InChI=1S/C11H14ClF2NO/c1-7(3-4-16-2)15-11-9(12)5-8(13)6-10(11)14/h5-7,15H,3-4H2,1-2H3. The molecule has 1 aromatic carbocycles. The zero-order valence-corrected chi connectivity index (χ0v) is 9.94. The van der Waals surface area contributed by atoms with E-state index in [0.717, 1.165) is 12.1 Å². The fraction of sp³-hybridized carbons (Fsp3) is 0.455. The van der Waals surface area contributed by atoms with Gasteiger partial charge in [0, 0.05) is 25.8 Å². The lowest BCUT2D eigenvalue weighted by atomic mass is 10.2. The molecule has 0 saturated carbocycles. The van der Waals surface area contributed by atoms with Crippen LogP contribution in [0.5, 0.6) is 0 Å². The highest BCUT2D eigenvalue weighted by molar-refractivity contribution is 6.33. The molecule has 0 bridgehead atoms. The molecule has 1 atom stereocenters. The van der Waals surface area contributed by atoms with Crippen LogP contribution < -0.4 is 5.32 Å². The van der Waals surface area contributed by atoms with Gasteiger partial charge in [-0.15, -0.1) is 0 Å². The van der Waals surface area contributed by atoms with Crippen LogP contribution in [0.2, 0.25) is 5.02 Å². The number of halogens is 3. The van der Waals surface area contributed by atoms with Crippen LogP contribution in [0.1, 0.15) is 13.3 Å². The molecule has 0 heterocycles. The molecule has 1 unspecified atom stereocenters. The summed E-state index contributed by atoms with van der Waals surface area (Å²) in [6, 6.07) is 1.88. The van der Waals surface area contributed by atoms with Crippen molar-refractivity contribution in [3.8, 4) is 0 Å². The number of hydrogen-bond acceptors (Lipinski definition) is 2. The molecule has 0 amide bonds. The molecule has 1 aromatic rings. The van der Waals surface area contributed by atoms with Gasteiger partial charge in [0.15, 0.2) is 5.82 Å². The van der Waals surface area contributed by atoms with Gasteiger partial charge in [0.1, 0.15) is 5.82 Å². The van der Waals surface area contributed by atoms with Gasteiger partial charge >= 0.3 is 0 Å². The molecule has 5 heteroatoms. The Balaban J connectivity index is 2.73. The molecule has 1 rings (SSSR count). The highest BCUT2D eigenvalue weighted by atomic mass is 35.5. The largest absolute Gasteiger partial charge is 0.385 e. The lowest BCUT2D eigenvalue weighted by molar-refractivity contribution is 0.191. The highest BCUT2D eigenvalue weighted by Gasteiger charge is 2.12. The van der Waals surface area contributed by atoms with Crippen LogP contribution in [-0.2, 0) is 4.74 Å². The van der Waals surface area contributed by atoms with E-state index in [9.17, 15) is 8.78 Å². The topological polar surface area (TPSA) is 21.3 Å². The first-order chi connectivity index (χ1) is 7.54. The quantitative estimate of drug-likeness (QED) is 0.863. The number of rotatable bonds is 5. The second-order valence-corrected chi connectivity index (χ2v) is 3.98. The molecular weight excluding hydrogens is 236 g/mol. The van der Waals surface area contributed by atoms with Crippen molar-refractivity contribution in [1.29, 1.82) is 0 Å². The molecule has 0 aliphatic carbocycles. The number of methoxy groups -OCH3 is 1. The maximum Gasteiger partial charge on any atom is 0.150 e. The summed E-state index contributed by atoms with van der Waals surface area (Å²) in [6.45, 7) is 2.44. The Kier molecular flexibility index (Phi) is 4.96. The third kappa shape index (κ3) is 3.61. The van der Waals surface area contributed by atoms with Crippen molar-refractivity contribution < 1.29 is 13.5 Å². The molecule has 0 fully saturated rings. The number of anilines is 1. The molecule has 2 nitrogen and oxygen atoms in total. The monoisotopic (exact) mass is 249 g/mol. The minimum absolute atomic E-state index is 0.00240. The van der Waals surface area contributed by atoms with Crippen LogP contribution in [0.25, 0.3) is 0 Å². The molecule has 0 aromatic heterocycles. The van der Waals surface area contributed by atoms with Crippen molar-refractivity contribution >= 4 is 17.3 Å². The van der Waals surface area contributed by atoms with E-state index >= 15 is 0 Å². The van der Waals surface area contributed by atoms with Crippen molar-refractivity contribution in [2.24, 2.45) is 0 Å². The zero-order valence-electron chi connectivity index (χ0n) is 9.19. The van der Waals surface area contributed by atoms with Gasteiger partial charge < -0.3 is 10.1 Å². The molecule has 90 valence electrons. The third-order valence-electron chi connectivity index (χ3n) is 2.15. The summed E-state index contributed by atoms with van der Waals surface area (Å²) in [4.78, 5) is 0. The van der Waals surface area contributed by atoms with Crippen LogP contribution >= 0.6 is 11.6 Å². The number of ether oxygens (including phenoxy) is 1. The summed E-state index contributed by atoms with van der Waals surface area (Å²) in [6.07, 6.45) is 0.712.